The summed E-state index contributed by atoms with van der Waals surface area (Å²) in [6.07, 6.45) is 1.19. The van der Waals surface area contributed by atoms with Crippen molar-refractivity contribution in [2.75, 3.05) is 26.2 Å². The maximum Gasteiger partial charge on any atom is 0.340 e. The fourth-order valence-electron chi connectivity index (χ4n) is 4.43. The molecule has 1 unspecified atom stereocenters. The molecule has 0 radical (unpaired) electrons. The number of ether oxygens (including phenoxy) is 2. The number of hydrogen-bond acceptors (Lipinski definition) is 16. The Morgan fingerprint density at radius 2 is 1.41 bits per heavy atom. The summed E-state index contributed by atoms with van der Waals surface area (Å²) < 4.78 is 94.4. The minimum atomic E-state index is -5.09. The van der Waals surface area contributed by atoms with Gasteiger partial charge in [0.2, 0.25) is 11.1 Å². The SMILES string of the molecule is COC(=O)c1ccc(C(=O)OC)c(N=Nc2c(S(=O)(=O)O)cc3cc(C)c(N=Nc4ccc(OS(C)=O)cc4S(=O)(=O)O)c(N)c3c2O)c1. The topological polar surface area (TPSA) is 283 Å². The number of nitrogens with zero attached hydrogens (tertiary/aromatic N) is 4. The van der Waals surface area contributed by atoms with Crippen LogP contribution in [-0.4, -0.2) is 67.7 Å². The molecule has 0 spiro atoms. The maximum atomic E-state index is 12.4. The first-order chi connectivity index (χ1) is 22.9. The predicted octanol–water partition coefficient (Wildman–Crippen LogP) is 5.01. The van der Waals surface area contributed by atoms with Gasteiger partial charge in [-0.2, -0.15) is 16.8 Å². The number of aryl methyl sites for hydroxylation is 1. The monoisotopic (exact) mass is 735 g/mol. The fraction of sp³-hybridized carbons (Fsp3) is 0.143. The van der Waals surface area contributed by atoms with Gasteiger partial charge in [-0.3, -0.25) is 9.11 Å². The standard InChI is InChI=1S/C28H25N5O13S3/c1-13-9-15-11-21(49(41,42)43)25(33-31-19-10-14(27(35)44-2)5-7-17(19)28(36)45-3)26(34)22(15)23(29)24(13)32-30-18-8-6-16(46-47(4)37)12-20(18)48(38,39)40/h5-12,34H,29H2,1-4H3,(H,38,39,40)(H,41,42,43). The summed E-state index contributed by atoms with van der Waals surface area (Å²) in [5.74, 6) is -2.79. The molecule has 0 bridgehead atoms. The highest BCUT2D eigenvalue weighted by Crippen LogP contribution is 2.47. The van der Waals surface area contributed by atoms with Crippen LogP contribution < -0.4 is 9.92 Å². The zero-order valence-corrected chi connectivity index (χ0v) is 28.1. The van der Waals surface area contributed by atoms with Crippen LogP contribution in [0.15, 0.2) is 78.8 Å². The third kappa shape index (κ3) is 7.87. The summed E-state index contributed by atoms with van der Waals surface area (Å²) in [4.78, 5) is 22.8. The summed E-state index contributed by atoms with van der Waals surface area (Å²) in [6, 6.07) is 8.94. The van der Waals surface area contributed by atoms with Gasteiger partial charge in [-0.15, -0.1) is 20.5 Å². The number of phenolic OH excluding ortho intramolecular Hbond substituents is 1. The molecular weight excluding hydrogens is 711 g/mol. The van der Waals surface area contributed by atoms with Crippen molar-refractivity contribution in [3.63, 3.8) is 0 Å². The maximum absolute atomic E-state index is 12.4. The van der Waals surface area contributed by atoms with Crippen LogP contribution in [0.5, 0.6) is 11.5 Å². The third-order valence-corrected chi connectivity index (χ3v) is 8.76. The smallest absolute Gasteiger partial charge is 0.340 e. The number of azo groups is 2. The second kappa shape index (κ2) is 14.0. The minimum Gasteiger partial charge on any atom is -0.505 e. The second-order valence-corrected chi connectivity index (χ2v) is 13.6. The highest BCUT2D eigenvalue weighted by atomic mass is 32.2. The number of methoxy groups -OCH3 is 2. The molecule has 0 aromatic heterocycles. The molecule has 4 rings (SSSR count). The number of rotatable bonds is 10. The quantitative estimate of drug-likeness (QED) is 0.0721. The van der Waals surface area contributed by atoms with E-state index in [1.807, 2.05) is 0 Å². The fourth-order valence-corrected chi connectivity index (χ4v) is 6.10. The van der Waals surface area contributed by atoms with Crippen LogP contribution >= 0.6 is 0 Å². The van der Waals surface area contributed by atoms with E-state index in [0.29, 0.717) is 0 Å². The van der Waals surface area contributed by atoms with E-state index in [-0.39, 0.29) is 56.0 Å². The van der Waals surface area contributed by atoms with Crippen LogP contribution in [0, 0.1) is 6.92 Å². The average molecular weight is 736 g/mol. The molecule has 4 aromatic rings. The molecule has 0 aliphatic heterocycles. The number of carbonyl (C=O) groups excluding carboxylic acids is 2. The van der Waals surface area contributed by atoms with E-state index in [1.54, 1.807) is 0 Å². The molecule has 5 N–H and O–H groups in total. The lowest BCUT2D eigenvalue weighted by Gasteiger charge is -2.14. The molecular formula is C28H25N5O13S3. The van der Waals surface area contributed by atoms with Gasteiger partial charge in [-0.25, -0.2) is 13.8 Å². The molecule has 0 fully saturated rings. The van der Waals surface area contributed by atoms with E-state index < -0.39 is 64.5 Å². The van der Waals surface area contributed by atoms with Crippen molar-refractivity contribution >= 4 is 82.5 Å². The highest BCUT2D eigenvalue weighted by molar-refractivity contribution is 7.86. The van der Waals surface area contributed by atoms with Gasteiger partial charge in [0.1, 0.15) is 38.3 Å². The van der Waals surface area contributed by atoms with Gasteiger partial charge in [0.15, 0.2) is 5.75 Å². The molecule has 0 heterocycles. The van der Waals surface area contributed by atoms with E-state index in [9.17, 15) is 44.8 Å². The number of hydrogen-bond donors (Lipinski definition) is 4. The van der Waals surface area contributed by atoms with Crippen molar-refractivity contribution in [2.24, 2.45) is 20.5 Å². The van der Waals surface area contributed by atoms with Crippen molar-refractivity contribution in [1.82, 2.24) is 0 Å². The third-order valence-electron chi connectivity index (χ3n) is 6.58. The Balaban J connectivity index is 1.94. The van der Waals surface area contributed by atoms with Crippen LogP contribution in [0.2, 0.25) is 0 Å². The number of fused-ring (bicyclic) bond motifs is 1. The van der Waals surface area contributed by atoms with Crippen molar-refractivity contribution in [1.29, 1.82) is 0 Å². The molecule has 4 aromatic carbocycles. The molecule has 0 aliphatic rings. The Morgan fingerprint density at radius 3 is 2.00 bits per heavy atom. The molecule has 258 valence electrons. The molecule has 1 atom stereocenters. The van der Waals surface area contributed by atoms with Crippen LogP contribution in [0.1, 0.15) is 26.3 Å². The van der Waals surface area contributed by atoms with E-state index >= 15 is 0 Å². The number of aromatic hydroxyl groups is 1. The van der Waals surface area contributed by atoms with Gasteiger partial charge >= 0.3 is 11.9 Å². The lowest BCUT2D eigenvalue weighted by atomic mass is 10.0. The van der Waals surface area contributed by atoms with Crippen molar-refractivity contribution in [3.8, 4) is 11.5 Å². The number of benzene rings is 4. The van der Waals surface area contributed by atoms with Gasteiger partial charge in [0.05, 0.1) is 36.4 Å². The summed E-state index contributed by atoms with van der Waals surface area (Å²) >= 11 is -1.82. The Bertz CT molecular complexity index is 2340. The molecule has 0 saturated heterocycles. The van der Waals surface area contributed by atoms with Crippen molar-refractivity contribution in [2.45, 2.75) is 16.7 Å². The van der Waals surface area contributed by atoms with Gasteiger partial charge in [0.25, 0.3) is 20.2 Å². The van der Waals surface area contributed by atoms with Gasteiger partial charge in [0, 0.05) is 12.3 Å². The Labute approximate surface area is 280 Å². The van der Waals surface area contributed by atoms with E-state index in [0.717, 1.165) is 38.5 Å². The van der Waals surface area contributed by atoms with Crippen LogP contribution in [0.3, 0.4) is 0 Å². The summed E-state index contributed by atoms with van der Waals surface area (Å²) in [5.41, 5.74) is 4.32. The first kappa shape index (κ1) is 36.5. The summed E-state index contributed by atoms with van der Waals surface area (Å²) in [6.45, 7) is 1.47. The largest absolute Gasteiger partial charge is 0.505 e. The van der Waals surface area contributed by atoms with E-state index in [1.165, 1.54) is 37.4 Å². The minimum absolute atomic E-state index is 0.0198. The van der Waals surface area contributed by atoms with E-state index in [4.69, 9.17) is 14.7 Å². The molecule has 0 amide bonds. The number of esters is 2. The number of carbonyl (C=O) groups is 2. The molecule has 49 heavy (non-hydrogen) atoms. The summed E-state index contributed by atoms with van der Waals surface area (Å²) in [5, 5.41) is 26.6. The first-order valence-electron chi connectivity index (χ1n) is 13.2. The Kier molecular flexibility index (Phi) is 10.4. The predicted molar refractivity (Wildman–Crippen MR) is 173 cm³/mol. The lowest BCUT2D eigenvalue weighted by Crippen LogP contribution is -2.05. The Morgan fingerprint density at radius 1 is 0.796 bits per heavy atom. The highest BCUT2D eigenvalue weighted by Gasteiger charge is 2.26. The number of phenols is 1. The number of nitrogen functional groups attached to an aromatic ring is 1. The average Bonchev–Trinajstić information content (AvgIpc) is 3.02. The summed E-state index contributed by atoms with van der Waals surface area (Å²) in [7, 11) is -7.80. The zero-order valence-electron chi connectivity index (χ0n) is 25.6. The molecule has 0 saturated carbocycles. The number of anilines is 1. The van der Waals surface area contributed by atoms with Crippen LogP contribution in [-0.2, 0) is 40.8 Å². The number of nitrogens with two attached hydrogens (primary N) is 1. The zero-order chi connectivity index (χ0) is 36.4. The van der Waals surface area contributed by atoms with Crippen molar-refractivity contribution in [3.05, 3.63) is 65.2 Å². The molecule has 21 heteroatoms. The second-order valence-electron chi connectivity index (χ2n) is 9.81. The Hall–Kier alpha value is -5.35. The molecule has 18 nitrogen and oxygen atoms in total. The van der Waals surface area contributed by atoms with Crippen molar-refractivity contribution < 1.29 is 58.5 Å². The van der Waals surface area contributed by atoms with Gasteiger partial charge in [-0.1, -0.05) is 0 Å². The van der Waals surface area contributed by atoms with Crippen LogP contribution in [0.25, 0.3) is 10.8 Å². The lowest BCUT2D eigenvalue weighted by molar-refractivity contribution is 0.0587. The van der Waals surface area contributed by atoms with Gasteiger partial charge in [-0.05, 0) is 60.3 Å². The van der Waals surface area contributed by atoms with Crippen LogP contribution in [0.4, 0.5) is 28.4 Å². The van der Waals surface area contributed by atoms with E-state index in [2.05, 4.69) is 25.2 Å². The normalized spacial score (nSPS) is 12.8. The van der Waals surface area contributed by atoms with Gasteiger partial charge < -0.3 is 24.5 Å². The molecule has 0 aliphatic carbocycles. The first-order valence-corrected chi connectivity index (χ1v) is 17.6.